The number of ether oxygens (including phenoxy) is 4. The molecule has 0 amide bonds. The fourth-order valence-electron chi connectivity index (χ4n) is 3.69. The Morgan fingerprint density at radius 1 is 1.03 bits per heavy atom. The predicted octanol–water partition coefficient (Wildman–Crippen LogP) is -4.62. The van der Waals surface area contributed by atoms with Gasteiger partial charge in [0.05, 0.1) is 18.9 Å². The number of nitrogens with zero attached hydrogens (tertiary/aromatic N) is 2. The minimum absolute atomic E-state index is 0.204. The minimum Gasteiger partial charge on any atom is -0.440 e. The van der Waals surface area contributed by atoms with Crippen molar-refractivity contribution >= 4 is 6.09 Å². The monoisotopic (exact) mass is 493 g/mol. The van der Waals surface area contributed by atoms with Crippen molar-refractivity contribution in [2.45, 2.75) is 80.8 Å². The summed E-state index contributed by atoms with van der Waals surface area (Å²) in [6.45, 7) is 0.295. The molecule has 1 aromatic heterocycles. The summed E-state index contributed by atoms with van der Waals surface area (Å²) in [6, 6.07) is -0.204. The van der Waals surface area contributed by atoms with E-state index in [1.165, 1.54) is 12.5 Å². The summed E-state index contributed by atoms with van der Waals surface area (Å²) >= 11 is 0. The molecule has 15 nitrogen and oxygen atoms in total. The lowest BCUT2D eigenvalue weighted by Crippen LogP contribution is -2.64. The van der Waals surface area contributed by atoms with Gasteiger partial charge in [0.1, 0.15) is 49.1 Å². The first-order valence-corrected chi connectivity index (χ1v) is 10.6. The molecule has 34 heavy (non-hydrogen) atoms. The van der Waals surface area contributed by atoms with Gasteiger partial charge in [-0.3, -0.25) is 0 Å². The Kier molecular flexibility index (Phi) is 8.93. The zero-order valence-electron chi connectivity index (χ0n) is 18.3. The molecule has 194 valence electrons. The highest BCUT2D eigenvalue weighted by Crippen LogP contribution is 2.29. The van der Waals surface area contributed by atoms with Gasteiger partial charge < -0.3 is 60.4 Å². The molecule has 15 heteroatoms. The largest absolute Gasteiger partial charge is 0.440 e. The van der Waals surface area contributed by atoms with Gasteiger partial charge in [-0.2, -0.15) is 0 Å². The molecule has 11 atom stereocenters. The second-order valence-electron chi connectivity index (χ2n) is 8.34. The fraction of sp³-hybridized carbons (Fsp3) is 0.789. The molecule has 3 rings (SSSR count). The lowest BCUT2D eigenvalue weighted by atomic mass is 9.98. The number of aromatic nitrogens is 2. The summed E-state index contributed by atoms with van der Waals surface area (Å²) < 4.78 is 22.1. The van der Waals surface area contributed by atoms with E-state index in [0.29, 0.717) is 12.1 Å². The highest BCUT2D eigenvalue weighted by atomic mass is 16.8. The summed E-state index contributed by atoms with van der Waals surface area (Å²) in [5.74, 6) is 0. The summed E-state index contributed by atoms with van der Waals surface area (Å²) in [4.78, 5) is 16.6. The molecule has 0 bridgehead atoms. The van der Waals surface area contributed by atoms with Gasteiger partial charge in [-0.05, 0) is 6.92 Å². The zero-order chi connectivity index (χ0) is 25.2. The lowest BCUT2D eigenvalue weighted by Gasteiger charge is -2.45. The van der Waals surface area contributed by atoms with Gasteiger partial charge in [0, 0.05) is 18.7 Å². The van der Waals surface area contributed by atoms with Crippen LogP contribution < -0.4 is 5.73 Å². The average Bonchev–Trinajstić information content (AvgIpc) is 3.26. The fourth-order valence-corrected chi connectivity index (χ4v) is 3.69. The third kappa shape index (κ3) is 5.72. The molecule has 3 heterocycles. The van der Waals surface area contributed by atoms with Crippen LogP contribution in [0.3, 0.4) is 0 Å². The highest BCUT2D eigenvalue weighted by Gasteiger charge is 2.51. The molecule has 0 spiro atoms. The van der Waals surface area contributed by atoms with Crippen molar-refractivity contribution in [3.8, 4) is 0 Å². The van der Waals surface area contributed by atoms with Crippen LogP contribution in [0.15, 0.2) is 12.5 Å². The van der Waals surface area contributed by atoms with E-state index in [9.17, 15) is 40.5 Å². The number of carbonyl (C=O) groups is 1. The van der Waals surface area contributed by atoms with Crippen molar-refractivity contribution in [3.05, 3.63) is 18.2 Å². The average molecular weight is 493 g/mol. The van der Waals surface area contributed by atoms with Crippen LogP contribution in [-0.4, -0.2) is 132 Å². The molecule has 2 saturated heterocycles. The SMILES string of the molecule is C[C@@H](N)Cc1cn(C(=O)O[C@@H]2[C@@H](O)[C@@H](O[C@H]3O[C@H](CO)[C@@H](O)[C@H](O)[C@H]3O)O[C@H](CO)[C@H]2O)cn1. The number of hydrogen-bond donors (Lipinski definition) is 8. The van der Waals surface area contributed by atoms with Gasteiger partial charge >= 0.3 is 6.09 Å². The Bertz CT molecular complexity index is 807. The second-order valence-corrected chi connectivity index (χ2v) is 8.34. The molecule has 9 N–H and O–H groups in total. The van der Waals surface area contributed by atoms with E-state index < -0.39 is 80.7 Å². The van der Waals surface area contributed by atoms with Gasteiger partial charge in [0.25, 0.3) is 0 Å². The lowest BCUT2D eigenvalue weighted by molar-refractivity contribution is -0.376. The number of carbonyl (C=O) groups excluding carboxylic acids is 1. The number of aliphatic hydroxyl groups excluding tert-OH is 7. The first-order chi connectivity index (χ1) is 16.1. The van der Waals surface area contributed by atoms with Crippen molar-refractivity contribution in [3.63, 3.8) is 0 Å². The summed E-state index contributed by atoms with van der Waals surface area (Å²) in [5, 5.41) is 69.9. The third-order valence-electron chi connectivity index (χ3n) is 5.55. The Labute approximate surface area is 193 Å². The number of hydrogen-bond acceptors (Lipinski definition) is 14. The predicted molar refractivity (Wildman–Crippen MR) is 108 cm³/mol. The molecule has 0 unspecified atom stereocenters. The van der Waals surface area contributed by atoms with E-state index in [4.69, 9.17) is 24.7 Å². The molecule has 0 saturated carbocycles. The summed E-state index contributed by atoms with van der Waals surface area (Å²) in [5.41, 5.74) is 6.22. The number of aliphatic hydroxyl groups is 7. The molecular formula is C19H31N3O12. The van der Waals surface area contributed by atoms with E-state index in [0.717, 1.165) is 4.57 Å². The standard InChI is InChI=1S/C19H31N3O12/c1-7(20)2-8-3-22(6-21-8)19(30)33-16-12(26)10(5-24)32-18(15(16)29)34-17-14(28)13(27)11(25)9(4-23)31-17/h3,6-7,9-18,23-29H,2,4-5,20H2,1H3/t7-,9-,10-,11-,12-,13+,14-,15-,16+,17-,18-/m1/s1. The number of nitrogens with two attached hydrogens (primary N) is 1. The van der Waals surface area contributed by atoms with E-state index in [2.05, 4.69) is 4.98 Å². The van der Waals surface area contributed by atoms with Crippen LogP contribution in [0.2, 0.25) is 0 Å². The molecule has 2 aliphatic rings. The van der Waals surface area contributed by atoms with Crippen molar-refractivity contribution < 1.29 is 59.5 Å². The van der Waals surface area contributed by atoms with E-state index in [1.807, 2.05) is 0 Å². The topological polar surface area (TPSA) is 239 Å². The van der Waals surface area contributed by atoms with Crippen LogP contribution in [0.25, 0.3) is 0 Å². The van der Waals surface area contributed by atoms with Gasteiger partial charge in [-0.15, -0.1) is 0 Å². The minimum atomic E-state index is -1.83. The van der Waals surface area contributed by atoms with Gasteiger partial charge in [0.15, 0.2) is 18.7 Å². The van der Waals surface area contributed by atoms with Crippen LogP contribution >= 0.6 is 0 Å². The van der Waals surface area contributed by atoms with Crippen LogP contribution in [-0.2, 0) is 25.4 Å². The van der Waals surface area contributed by atoms with Crippen molar-refractivity contribution in [1.82, 2.24) is 9.55 Å². The smallest absolute Gasteiger partial charge is 0.419 e. The Balaban J connectivity index is 1.73. The molecule has 0 radical (unpaired) electrons. The van der Waals surface area contributed by atoms with Crippen molar-refractivity contribution in [2.24, 2.45) is 5.73 Å². The number of rotatable bonds is 7. The quantitative estimate of drug-likeness (QED) is 0.178. The van der Waals surface area contributed by atoms with Crippen LogP contribution in [0.5, 0.6) is 0 Å². The van der Waals surface area contributed by atoms with Gasteiger partial charge in [-0.25, -0.2) is 14.3 Å². The summed E-state index contributed by atoms with van der Waals surface area (Å²) in [6.07, 6.45) is -14.5. The maximum atomic E-state index is 12.6. The maximum absolute atomic E-state index is 12.6. The molecule has 2 aliphatic heterocycles. The van der Waals surface area contributed by atoms with E-state index in [1.54, 1.807) is 6.92 Å². The van der Waals surface area contributed by atoms with Crippen LogP contribution in [0, 0.1) is 0 Å². The van der Waals surface area contributed by atoms with E-state index >= 15 is 0 Å². The Morgan fingerprint density at radius 2 is 1.62 bits per heavy atom. The molecule has 0 aliphatic carbocycles. The number of imidazole rings is 1. The molecule has 2 fully saturated rings. The second kappa shape index (κ2) is 11.3. The normalized spacial score (nSPS) is 39.6. The zero-order valence-corrected chi connectivity index (χ0v) is 18.3. The van der Waals surface area contributed by atoms with Gasteiger partial charge in [0.2, 0.25) is 0 Å². The third-order valence-corrected chi connectivity index (χ3v) is 5.55. The van der Waals surface area contributed by atoms with Crippen LogP contribution in [0.1, 0.15) is 12.6 Å². The summed E-state index contributed by atoms with van der Waals surface area (Å²) in [7, 11) is 0. The maximum Gasteiger partial charge on any atom is 0.419 e. The van der Waals surface area contributed by atoms with Crippen molar-refractivity contribution in [1.29, 1.82) is 0 Å². The van der Waals surface area contributed by atoms with E-state index in [-0.39, 0.29) is 6.04 Å². The molecular weight excluding hydrogens is 462 g/mol. The van der Waals surface area contributed by atoms with Crippen molar-refractivity contribution in [2.75, 3.05) is 13.2 Å². The molecule has 1 aromatic rings. The highest BCUT2D eigenvalue weighted by molar-refractivity contribution is 5.70. The first-order valence-electron chi connectivity index (χ1n) is 10.6. The molecule has 0 aromatic carbocycles. The Hall–Kier alpha value is -1.76. The van der Waals surface area contributed by atoms with Gasteiger partial charge in [-0.1, -0.05) is 0 Å². The first kappa shape index (κ1) is 26.8. The Morgan fingerprint density at radius 3 is 2.21 bits per heavy atom. The van der Waals surface area contributed by atoms with Crippen LogP contribution in [0.4, 0.5) is 4.79 Å².